The summed E-state index contributed by atoms with van der Waals surface area (Å²) in [6.07, 6.45) is 10.0. The first-order valence-electron chi connectivity index (χ1n) is 11.3. The van der Waals surface area contributed by atoms with Crippen molar-refractivity contribution in [3.63, 3.8) is 0 Å². The zero-order valence-electron chi connectivity index (χ0n) is 19.1. The number of aromatic nitrogens is 1. The van der Waals surface area contributed by atoms with Crippen LogP contribution in [0.5, 0.6) is 0 Å². The van der Waals surface area contributed by atoms with Gasteiger partial charge in [0.15, 0.2) is 5.13 Å². The Morgan fingerprint density at radius 1 is 1.53 bits per heavy atom. The van der Waals surface area contributed by atoms with Crippen molar-refractivity contribution in [3.8, 4) is 12.3 Å². The maximum Gasteiger partial charge on any atom is 0.226 e. The number of fused-ring (bicyclic) bond motifs is 2. The standard InChI is InChI=1S/C24H37N3O2S/c1-7-9-12-25-23-26-20-16(4)19-21(28)17(15(3)22(29)27(6)13-8-2)10-11-24(19,5)14-18(20)30-23/h2,15-17,19,21,28H,7,9-14H2,1,3-6H3,(H,25,26)/t15-,16-,17+,19+,21-,24-/m0/s1. The summed E-state index contributed by atoms with van der Waals surface area (Å²) in [7, 11) is 1.75. The van der Waals surface area contributed by atoms with Gasteiger partial charge in [0.2, 0.25) is 5.91 Å². The SMILES string of the molecule is C#CCN(C)C(=O)[C@@H](C)[C@H]1CC[C@@]2(C)Cc3sc(NCCCC)nc3[C@@H](C)[C@@H]2[C@H]1O. The molecular weight excluding hydrogens is 394 g/mol. The number of aliphatic hydroxyl groups excluding tert-OH is 1. The van der Waals surface area contributed by atoms with E-state index in [0.29, 0.717) is 6.54 Å². The number of amides is 1. The van der Waals surface area contributed by atoms with E-state index in [4.69, 9.17) is 11.4 Å². The summed E-state index contributed by atoms with van der Waals surface area (Å²) in [6.45, 7) is 9.92. The smallest absolute Gasteiger partial charge is 0.226 e. The largest absolute Gasteiger partial charge is 0.392 e. The van der Waals surface area contributed by atoms with Crippen molar-refractivity contribution in [2.24, 2.45) is 23.2 Å². The van der Waals surface area contributed by atoms with Crippen molar-refractivity contribution in [2.45, 2.75) is 71.8 Å². The van der Waals surface area contributed by atoms with Gasteiger partial charge in [-0.15, -0.1) is 17.8 Å². The molecule has 2 aliphatic rings. The molecule has 0 spiro atoms. The number of nitrogens with zero attached hydrogens (tertiary/aromatic N) is 2. The second kappa shape index (κ2) is 9.28. The predicted molar refractivity (Wildman–Crippen MR) is 124 cm³/mol. The Bertz CT molecular complexity index is 801. The Morgan fingerprint density at radius 3 is 2.93 bits per heavy atom. The zero-order valence-corrected chi connectivity index (χ0v) is 19.9. The number of terminal acetylenes is 1. The second-order valence-electron chi connectivity index (χ2n) is 9.63. The Kier molecular flexibility index (Phi) is 7.14. The van der Waals surface area contributed by atoms with Gasteiger partial charge in [0.25, 0.3) is 0 Å². The van der Waals surface area contributed by atoms with Gasteiger partial charge in [0.1, 0.15) is 0 Å². The van der Waals surface area contributed by atoms with Gasteiger partial charge in [-0.25, -0.2) is 4.98 Å². The van der Waals surface area contributed by atoms with Crippen LogP contribution >= 0.6 is 11.3 Å². The van der Waals surface area contributed by atoms with Crippen LogP contribution < -0.4 is 5.32 Å². The van der Waals surface area contributed by atoms with Crippen molar-refractivity contribution in [1.82, 2.24) is 9.88 Å². The molecule has 0 unspecified atom stereocenters. The summed E-state index contributed by atoms with van der Waals surface area (Å²) in [5.41, 5.74) is 1.19. The number of thiazole rings is 1. The van der Waals surface area contributed by atoms with E-state index >= 15 is 0 Å². The fraction of sp³-hybridized carbons (Fsp3) is 0.750. The normalized spacial score (nSPS) is 31.2. The molecule has 30 heavy (non-hydrogen) atoms. The fourth-order valence-electron chi connectivity index (χ4n) is 5.74. The van der Waals surface area contributed by atoms with Crippen molar-refractivity contribution >= 4 is 22.4 Å². The Hall–Kier alpha value is -1.58. The molecule has 0 bridgehead atoms. The molecule has 1 fully saturated rings. The van der Waals surface area contributed by atoms with Crippen molar-refractivity contribution in [1.29, 1.82) is 0 Å². The van der Waals surface area contributed by atoms with Crippen LogP contribution in [0.3, 0.4) is 0 Å². The van der Waals surface area contributed by atoms with Crippen LogP contribution in [0.25, 0.3) is 0 Å². The van der Waals surface area contributed by atoms with Gasteiger partial charge >= 0.3 is 0 Å². The van der Waals surface area contributed by atoms with E-state index in [-0.39, 0.29) is 35.0 Å². The number of rotatable bonds is 7. The number of carbonyl (C=O) groups excluding carboxylic acids is 1. The molecule has 2 N–H and O–H groups in total. The van der Waals surface area contributed by atoms with Gasteiger partial charge in [-0.05, 0) is 42.9 Å². The lowest BCUT2D eigenvalue weighted by atomic mass is 9.53. The monoisotopic (exact) mass is 431 g/mol. The summed E-state index contributed by atoms with van der Waals surface area (Å²) in [6, 6.07) is 0. The molecule has 1 saturated carbocycles. The highest BCUT2D eigenvalue weighted by atomic mass is 32.1. The number of nitrogens with one attached hydrogen (secondary N) is 1. The minimum Gasteiger partial charge on any atom is -0.392 e. The highest BCUT2D eigenvalue weighted by Crippen LogP contribution is 2.57. The van der Waals surface area contributed by atoms with Crippen LogP contribution in [0.4, 0.5) is 5.13 Å². The molecule has 1 aromatic heterocycles. The van der Waals surface area contributed by atoms with Gasteiger partial charge in [0, 0.05) is 30.3 Å². The minimum atomic E-state index is -0.511. The summed E-state index contributed by atoms with van der Waals surface area (Å²) < 4.78 is 0. The number of unbranched alkanes of at least 4 members (excludes halogenated alkanes) is 1. The number of anilines is 1. The predicted octanol–water partition coefficient (Wildman–Crippen LogP) is 4.14. The quantitative estimate of drug-likeness (QED) is 0.503. The van der Waals surface area contributed by atoms with E-state index in [9.17, 15) is 9.90 Å². The third-order valence-corrected chi connectivity index (χ3v) is 8.49. The topological polar surface area (TPSA) is 65.5 Å². The van der Waals surface area contributed by atoms with Crippen molar-refractivity contribution < 1.29 is 9.90 Å². The number of aliphatic hydroxyl groups is 1. The van der Waals surface area contributed by atoms with Crippen LogP contribution in [-0.4, -0.2) is 47.1 Å². The van der Waals surface area contributed by atoms with Crippen LogP contribution in [0.1, 0.15) is 69.9 Å². The number of carbonyl (C=O) groups is 1. The van der Waals surface area contributed by atoms with Gasteiger partial charge in [-0.3, -0.25) is 4.79 Å². The van der Waals surface area contributed by atoms with Crippen LogP contribution in [0, 0.1) is 35.5 Å². The number of hydrogen-bond acceptors (Lipinski definition) is 5. The Morgan fingerprint density at radius 2 is 2.27 bits per heavy atom. The highest BCUT2D eigenvalue weighted by molar-refractivity contribution is 7.15. The Labute approximate surface area is 185 Å². The molecule has 1 amide bonds. The first kappa shape index (κ1) is 23.1. The van der Waals surface area contributed by atoms with Crippen LogP contribution in [0.2, 0.25) is 0 Å². The summed E-state index contributed by atoms with van der Waals surface area (Å²) in [4.78, 5) is 20.7. The average molecular weight is 432 g/mol. The molecule has 0 radical (unpaired) electrons. The lowest BCUT2D eigenvalue weighted by molar-refractivity contribution is -0.142. The average Bonchev–Trinajstić information content (AvgIpc) is 3.09. The van der Waals surface area contributed by atoms with Gasteiger partial charge in [-0.1, -0.05) is 40.0 Å². The molecule has 1 aromatic rings. The Balaban J connectivity index is 1.80. The molecule has 1 heterocycles. The first-order chi connectivity index (χ1) is 14.2. The molecule has 2 aliphatic carbocycles. The fourth-order valence-corrected chi connectivity index (χ4v) is 7.03. The first-order valence-corrected chi connectivity index (χ1v) is 12.1. The van der Waals surface area contributed by atoms with Gasteiger partial charge in [-0.2, -0.15) is 0 Å². The molecule has 6 heteroatoms. The molecule has 0 aromatic carbocycles. The maximum atomic E-state index is 12.8. The molecule has 5 nitrogen and oxygen atoms in total. The van der Waals surface area contributed by atoms with E-state index in [2.05, 4.69) is 32.0 Å². The summed E-state index contributed by atoms with van der Waals surface area (Å²) >= 11 is 1.78. The van der Waals surface area contributed by atoms with Crippen molar-refractivity contribution in [2.75, 3.05) is 25.5 Å². The maximum absolute atomic E-state index is 12.8. The van der Waals surface area contributed by atoms with Crippen LogP contribution in [0.15, 0.2) is 0 Å². The molecular formula is C24H37N3O2S. The van der Waals surface area contributed by atoms with Gasteiger partial charge in [0.05, 0.1) is 18.3 Å². The van der Waals surface area contributed by atoms with Crippen LogP contribution in [-0.2, 0) is 11.2 Å². The zero-order chi connectivity index (χ0) is 22.1. The lowest BCUT2D eigenvalue weighted by Crippen LogP contribution is -2.53. The molecule has 3 rings (SSSR count). The third-order valence-electron chi connectivity index (χ3n) is 7.47. The van der Waals surface area contributed by atoms with E-state index in [0.717, 1.165) is 49.5 Å². The minimum absolute atomic E-state index is 0.0285. The second-order valence-corrected chi connectivity index (χ2v) is 10.7. The third kappa shape index (κ3) is 4.24. The van der Waals surface area contributed by atoms with E-state index in [1.54, 1.807) is 23.3 Å². The van der Waals surface area contributed by atoms with Crippen molar-refractivity contribution in [3.05, 3.63) is 10.6 Å². The summed E-state index contributed by atoms with van der Waals surface area (Å²) in [5, 5.41) is 16.0. The van der Waals surface area contributed by atoms with E-state index in [1.807, 2.05) is 6.92 Å². The van der Waals surface area contributed by atoms with E-state index in [1.165, 1.54) is 4.88 Å². The molecule has 6 atom stereocenters. The number of hydrogen-bond donors (Lipinski definition) is 2. The molecule has 0 saturated heterocycles. The molecule has 166 valence electrons. The van der Waals surface area contributed by atoms with E-state index < -0.39 is 6.10 Å². The highest BCUT2D eigenvalue weighted by Gasteiger charge is 2.54. The lowest BCUT2D eigenvalue weighted by Gasteiger charge is -2.53. The summed E-state index contributed by atoms with van der Waals surface area (Å²) in [5.74, 6) is 2.58. The van der Waals surface area contributed by atoms with Gasteiger partial charge < -0.3 is 15.3 Å². The molecule has 0 aliphatic heterocycles.